The first-order valence-electron chi connectivity index (χ1n) is 5.83. The molecule has 0 fully saturated rings. The van der Waals surface area contributed by atoms with Crippen molar-refractivity contribution in [2.75, 3.05) is 20.8 Å². The van der Waals surface area contributed by atoms with Crippen molar-refractivity contribution in [1.29, 1.82) is 0 Å². The molecule has 0 spiro atoms. The molecule has 0 N–H and O–H groups in total. The van der Waals surface area contributed by atoms with Crippen molar-refractivity contribution >= 4 is 5.97 Å². The van der Waals surface area contributed by atoms with Gasteiger partial charge >= 0.3 is 12.1 Å². The predicted molar refractivity (Wildman–Crippen MR) is 67.2 cm³/mol. The van der Waals surface area contributed by atoms with Crippen molar-refractivity contribution in [1.82, 2.24) is 0 Å². The minimum atomic E-state index is -4.44. The lowest BCUT2D eigenvalue weighted by atomic mass is 10.2. The van der Waals surface area contributed by atoms with E-state index in [2.05, 4.69) is 9.47 Å². The monoisotopic (exact) mass is 294 g/mol. The summed E-state index contributed by atoms with van der Waals surface area (Å²) in [5.74, 6) is -0.680. The van der Waals surface area contributed by atoms with Crippen LogP contribution in [0.2, 0.25) is 0 Å². The molecule has 0 unspecified atom stereocenters. The van der Waals surface area contributed by atoms with E-state index in [0.29, 0.717) is 0 Å². The molecule has 0 atom stereocenters. The van der Waals surface area contributed by atoms with Crippen molar-refractivity contribution in [3.8, 4) is 11.5 Å². The average molecular weight is 294 g/mol. The van der Waals surface area contributed by atoms with Gasteiger partial charge in [-0.3, -0.25) is 0 Å². The molecule has 0 aliphatic heterocycles. The number of alkyl halides is 3. The minimum absolute atomic E-state index is 0.0298. The van der Waals surface area contributed by atoms with E-state index in [-0.39, 0.29) is 17.1 Å². The number of methoxy groups -OCH3 is 2. The number of carbonyl (C=O) groups is 1. The van der Waals surface area contributed by atoms with Crippen LogP contribution in [0.25, 0.3) is 0 Å². The maximum absolute atomic E-state index is 12.0. The molecule has 20 heavy (non-hydrogen) atoms. The van der Waals surface area contributed by atoms with Gasteiger partial charge in [0.1, 0.15) is 0 Å². The standard InChI is InChI=1S/C11H11F3O4.C2H6/c1-16-9-5-7(10(15)17-2)3-4-8(9)18-6-11(12,13)14;1-2/h3-5H,6H2,1-2H3;1-2H3. The van der Waals surface area contributed by atoms with Crippen molar-refractivity contribution in [2.24, 2.45) is 0 Å². The summed E-state index contributed by atoms with van der Waals surface area (Å²) in [6.07, 6.45) is -4.44. The number of benzene rings is 1. The molecular weight excluding hydrogens is 277 g/mol. The Balaban J connectivity index is 0.00000172. The molecule has 0 bridgehead atoms. The van der Waals surface area contributed by atoms with Gasteiger partial charge in [-0.05, 0) is 18.2 Å². The molecule has 0 aliphatic carbocycles. The molecule has 114 valence electrons. The maximum Gasteiger partial charge on any atom is 0.422 e. The van der Waals surface area contributed by atoms with Crippen LogP contribution in [-0.4, -0.2) is 33.0 Å². The van der Waals surface area contributed by atoms with Crippen LogP contribution in [0.1, 0.15) is 24.2 Å². The number of ether oxygens (including phenoxy) is 3. The van der Waals surface area contributed by atoms with Crippen molar-refractivity contribution in [3.63, 3.8) is 0 Å². The Morgan fingerprint density at radius 2 is 1.75 bits per heavy atom. The lowest BCUT2D eigenvalue weighted by Crippen LogP contribution is -2.19. The van der Waals surface area contributed by atoms with Crippen LogP contribution in [-0.2, 0) is 4.74 Å². The number of rotatable bonds is 4. The number of carbonyl (C=O) groups excluding carboxylic acids is 1. The second-order valence-electron chi connectivity index (χ2n) is 3.26. The van der Waals surface area contributed by atoms with E-state index in [4.69, 9.17) is 4.74 Å². The molecule has 0 heterocycles. The van der Waals surface area contributed by atoms with Gasteiger partial charge in [-0.15, -0.1) is 0 Å². The van der Waals surface area contributed by atoms with Gasteiger partial charge in [-0.1, -0.05) is 13.8 Å². The van der Waals surface area contributed by atoms with Gasteiger partial charge in [-0.2, -0.15) is 13.2 Å². The topological polar surface area (TPSA) is 44.8 Å². The lowest BCUT2D eigenvalue weighted by molar-refractivity contribution is -0.153. The summed E-state index contributed by atoms with van der Waals surface area (Å²) in [6, 6.07) is 3.76. The lowest BCUT2D eigenvalue weighted by Gasteiger charge is -2.13. The molecule has 0 aromatic heterocycles. The van der Waals surface area contributed by atoms with Crippen LogP contribution in [0.3, 0.4) is 0 Å². The molecule has 4 nitrogen and oxygen atoms in total. The highest BCUT2D eigenvalue weighted by atomic mass is 19.4. The third-order valence-corrected chi connectivity index (χ3v) is 1.98. The SMILES string of the molecule is CC.COC(=O)c1ccc(OCC(F)(F)F)c(OC)c1. The summed E-state index contributed by atoms with van der Waals surface area (Å²) < 4.78 is 49.9. The predicted octanol–water partition coefficient (Wildman–Crippen LogP) is 3.45. The van der Waals surface area contributed by atoms with E-state index in [0.717, 1.165) is 0 Å². The molecule has 0 radical (unpaired) electrons. The van der Waals surface area contributed by atoms with Crippen molar-refractivity contribution < 1.29 is 32.2 Å². The summed E-state index contributed by atoms with van der Waals surface area (Å²) in [5, 5.41) is 0. The summed E-state index contributed by atoms with van der Waals surface area (Å²) in [6.45, 7) is 2.57. The second-order valence-corrected chi connectivity index (χ2v) is 3.26. The first-order valence-corrected chi connectivity index (χ1v) is 5.83. The van der Waals surface area contributed by atoms with E-state index in [1.807, 2.05) is 13.8 Å². The summed E-state index contributed by atoms with van der Waals surface area (Å²) in [5.41, 5.74) is 0.161. The van der Waals surface area contributed by atoms with Crippen LogP contribution in [0.4, 0.5) is 13.2 Å². The third-order valence-electron chi connectivity index (χ3n) is 1.98. The van der Waals surface area contributed by atoms with Crippen LogP contribution in [0.5, 0.6) is 11.5 Å². The smallest absolute Gasteiger partial charge is 0.422 e. The van der Waals surface area contributed by atoms with E-state index in [1.54, 1.807) is 0 Å². The molecule has 0 saturated carbocycles. The number of halogens is 3. The number of hydrogen-bond donors (Lipinski definition) is 0. The molecular formula is C13H17F3O4. The highest BCUT2D eigenvalue weighted by Crippen LogP contribution is 2.29. The van der Waals surface area contributed by atoms with Crippen molar-refractivity contribution in [2.45, 2.75) is 20.0 Å². The highest BCUT2D eigenvalue weighted by Gasteiger charge is 2.29. The van der Waals surface area contributed by atoms with Gasteiger partial charge < -0.3 is 14.2 Å². The second kappa shape index (κ2) is 8.29. The van der Waals surface area contributed by atoms with Gasteiger partial charge in [0.15, 0.2) is 18.1 Å². The Kier molecular flexibility index (Phi) is 7.49. The Bertz CT molecular complexity index is 430. The molecule has 1 rings (SSSR count). The van der Waals surface area contributed by atoms with Gasteiger partial charge in [0.2, 0.25) is 0 Å². The molecule has 0 aliphatic rings. The molecule has 1 aromatic rings. The van der Waals surface area contributed by atoms with Gasteiger partial charge in [0.25, 0.3) is 0 Å². The zero-order valence-electron chi connectivity index (χ0n) is 11.7. The number of hydrogen-bond acceptors (Lipinski definition) is 4. The van der Waals surface area contributed by atoms with E-state index in [9.17, 15) is 18.0 Å². The zero-order chi connectivity index (χ0) is 15.8. The Morgan fingerprint density at radius 1 is 1.15 bits per heavy atom. The van der Waals surface area contributed by atoms with Crippen molar-refractivity contribution in [3.05, 3.63) is 23.8 Å². The van der Waals surface area contributed by atoms with Crippen LogP contribution >= 0.6 is 0 Å². The number of esters is 1. The quantitative estimate of drug-likeness (QED) is 0.798. The third kappa shape index (κ3) is 5.81. The van der Waals surface area contributed by atoms with Gasteiger partial charge in [-0.25, -0.2) is 4.79 Å². The van der Waals surface area contributed by atoms with E-state index < -0.39 is 18.8 Å². The molecule has 0 saturated heterocycles. The summed E-state index contributed by atoms with van der Waals surface area (Å²) in [7, 11) is 2.46. The largest absolute Gasteiger partial charge is 0.493 e. The van der Waals surface area contributed by atoms with Crippen LogP contribution in [0, 0.1) is 0 Å². The maximum atomic E-state index is 12.0. The van der Waals surface area contributed by atoms with Gasteiger partial charge in [0.05, 0.1) is 19.8 Å². The Morgan fingerprint density at radius 3 is 2.20 bits per heavy atom. The normalized spacial score (nSPS) is 10.2. The average Bonchev–Trinajstić information content (AvgIpc) is 2.45. The minimum Gasteiger partial charge on any atom is -0.493 e. The fourth-order valence-corrected chi connectivity index (χ4v) is 1.19. The fourth-order valence-electron chi connectivity index (χ4n) is 1.19. The molecule has 1 aromatic carbocycles. The summed E-state index contributed by atoms with van der Waals surface area (Å²) >= 11 is 0. The molecule has 7 heteroatoms. The van der Waals surface area contributed by atoms with E-state index in [1.165, 1.54) is 32.4 Å². The van der Waals surface area contributed by atoms with Gasteiger partial charge in [0, 0.05) is 0 Å². The zero-order valence-corrected chi connectivity index (χ0v) is 11.7. The highest BCUT2D eigenvalue weighted by molar-refractivity contribution is 5.90. The molecule has 0 amide bonds. The van der Waals surface area contributed by atoms with Crippen LogP contribution in [0.15, 0.2) is 18.2 Å². The fraction of sp³-hybridized carbons (Fsp3) is 0.462. The Hall–Kier alpha value is -1.92. The van der Waals surface area contributed by atoms with E-state index >= 15 is 0 Å². The van der Waals surface area contributed by atoms with Crippen LogP contribution < -0.4 is 9.47 Å². The summed E-state index contributed by atoms with van der Waals surface area (Å²) in [4.78, 5) is 11.2. The Labute approximate surface area is 115 Å². The first kappa shape index (κ1) is 18.1. The first-order chi connectivity index (χ1) is 9.37.